The number of rotatable bonds is 39. The Bertz CT molecular complexity index is 807. The summed E-state index contributed by atoms with van der Waals surface area (Å²) in [4.78, 5) is 37.7. The average Bonchev–Trinajstić information content (AvgIpc) is 3.09. The first-order valence-electron chi connectivity index (χ1n) is 22.6. The van der Waals surface area contributed by atoms with E-state index >= 15 is 0 Å². The Balaban J connectivity index is 4.35. The van der Waals surface area contributed by atoms with Gasteiger partial charge in [-0.3, -0.25) is 14.4 Å². The van der Waals surface area contributed by atoms with Gasteiger partial charge >= 0.3 is 17.9 Å². The van der Waals surface area contributed by atoms with Crippen LogP contribution in [0.2, 0.25) is 0 Å². The van der Waals surface area contributed by atoms with E-state index in [-0.39, 0.29) is 31.1 Å². The first-order valence-corrected chi connectivity index (χ1v) is 22.6. The summed E-state index contributed by atoms with van der Waals surface area (Å²) in [5.41, 5.74) is 0. The SMILES string of the molecule is CC(C)CCCCCCCCCCCCC(=O)O[C@H](COC(=O)CCCCCCCCCCC(C)C)COC(=O)CCCCCCCCCC(C)C. The third-order valence-electron chi connectivity index (χ3n) is 10.1. The van der Waals surface area contributed by atoms with E-state index in [0.29, 0.717) is 19.3 Å². The van der Waals surface area contributed by atoms with Crippen LogP contribution in [-0.4, -0.2) is 37.2 Å². The Morgan fingerprint density at radius 3 is 0.827 bits per heavy atom. The first-order chi connectivity index (χ1) is 25.1. The number of unbranched alkanes of at least 4 members (excludes halogenated alkanes) is 22. The van der Waals surface area contributed by atoms with Crippen LogP contribution in [0.5, 0.6) is 0 Å². The Morgan fingerprint density at radius 1 is 0.327 bits per heavy atom. The molecule has 0 aromatic rings. The van der Waals surface area contributed by atoms with Gasteiger partial charge in [0.25, 0.3) is 0 Å². The van der Waals surface area contributed by atoms with Gasteiger partial charge in [0.15, 0.2) is 6.10 Å². The second-order valence-corrected chi connectivity index (χ2v) is 17.1. The third kappa shape index (κ3) is 39.6. The van der Waals surface area contributed by atoms with Crippen molar-refractivity contribution in [2.24, 2.45) is 17.8 Å². The molecule has 0 rings (SSSR count). The predicted molar refractivity (Wildman–Crippen MR) is 219 cm³/mol. The number of carbonyl (C=O) groups excluding carboxylic acids is 3. The number of hydrogen-bond acceptors (Lipinski definition) is 6. The van der Waals surface area contributed by atoms with Gasteiger partial charge in [0.2, 0.25) is 0 Å². The van der Waals surface area contributed by atoms with Crippen LogP contribution in [0, 0.1) is 17.8 Å². The topological polar surface area (TPSA) is 78.9 Å². The van der Waals surface area contributed by atoms with Gasteiger partial charge in [-0.1, -0.05) is 202 Å². The van der Waals surface area contributed by atoms with E-state index in [0.717, 1.165) is 75.5 Å². The molecule has 0 heterocycles. The van der Waals surface area contributed by atoms with E-state index in [1.807, 2.05) is 0 Å². The molecule has 0 unspecified atom stereocenters. The van der Waals surface area contributed by atoms with Gasteiger partial charge in [-0.2, -0.15) is 0 Å². The van der Waals surface area contributed by atoms with Crippen LogP contribution in [0.15, 0.2) is 0 Å². The maximum Gasteiger partial charge on any atom is 0.306 e. The molecule has 0 aliphatic heterocycles. The van der Waals surface area contributed by atoms with Crippen molar-refractivity contribution in [1.82, 2.24) is 0 Å². The molecule has 0 aromatic heterocycles. The lowest BCUT2D eigenvalue weighted by atomic mass is 10.0. The molecule has 6 heteroatoms. The Hall–Kier alpha value is -1.59. The van der Waals surface area contributed by atoms with E-state index in [9.17, 15) is 14.4 Å². The summed E-state index contributed by atoms with van der Waals surface area (Å²) < 4.78 is 16.7. The van der Waals surface area contributed by atoms with Crippen LogP contribution in [0.25, 0.3) is 0 Å². The molecule has 0 saturated carbocycles. The molecule has 1 atom stereocenters. The quantitative estimate of drug-likeness (QED) is 0.0355. The van der Waals surface area contributed by atoms with Gasteiger partial charge < -0.3 is 14.2 Å². The molecule has 0 saturated heterocycles. The zero-order chi connectivity index (χ0) is 38.5. The first kappa shape index (κ1) is 50.4. The van der Waals surface area contributed by atoms with E-state index < -0.39 is 6.10 Å². The van der Waals surface area contributed by atoms with Crippen molar-refractivity contribution >= 4 is 17.9 Å². The molecule has 52 heavy (non-hydrogen) atoms. The normalized spacial score (nSPS) is 12.2. The van der Waals surface area contributed by atoms with Gasteiger partial charge in [-0.15, -0.1) is 0 Å². The monoisotopic (exact) mass is 737 g/mol. The Morgan fingerprint density at radius 2 is 0.558 bits per heavy atom. The van der Waals surface area contributed by atoms with Crippen molar-refractivity contribution in [2.45, 2.75) is 247 Å². The summed E-state index contributed by atoms with van der Waals surface area (Å²) in [5.74, 6) is 1.53. The molecule has 0 N–H and O–H groups in total. The van der Waals surface area contributed by atoms with Crippen molar-refractivity contribution < 1.29 is 28.6 Å². The lowest BCUT2D eigenvalue weighted by Crippen LogP contribution is -2.30. The van der Waals surface area contributed by atoms with Crippen molar-refractivity contribution in [1.29, 1.82) is 0 Å². The van der Waals surface area contributed by atoms with E-state index in [2.05, 4.69) is 41.5 Å². The van der Waals surface area contributed by atoms with Crippen molar-refractivity contribution in [3.05, 3.63) is 0 Å². The smallest absolute Gasteiger partial charge is 0.306 e. The molecule has 0 fully saturated rings. The summed E-state index contributed by atoms with van der Waals surface area (Å²) in [6.45, 7) is 13.6. The van der Waals surface area contributed by atoms with Crippen molar-refractivity contribution in [3.8, 4) is 0 Å². The van der Waals surface area contributed by atoms with Crippen LogP contribution in [0.1, 0.15) is 241 Å². The van der Waals surface area contributed by atoms with Crippen LogP contribution < -0.4 is 0 Å². The Kier molecular flexibility index (Phi) is 36.6. The average molecular weight is 737 g/mol. The molecule has 0 aliphatic carbocycles. The second-order valence-electron chi connectivity index (χ2n) is 17.1. The number of ether oxygens (including phenoxy) is 3. The van der Waals surface area contributed by atoms with Gasteiger partial charge in [-0.05, 0) is 37.0 Å². The highest BCUT2D eigenvalue weighted by Crippen LogP contribution is 2.16. The summed E-state index contributed by atoms with van der Waals surface area (Å²) in [6.07, 6.45) is 33.9. The van der Waals surface area contributed by atoms with Gasteiger partial charge in [0.1, 0.15) is 13.2 Å². The van der Waals surface area contributed by atoms with E-state index in [1.54, 1.807) is 0 Å². The minimum Gasteiger partial charge on any atom is -0.462 e. The number of esters is 3. The maximum absolute atomic E-state index is 12.7. The predicted octanol–water partition coefficient (Wildman–Crippen LogP) is 14.0. The Labute approximate surface area is 323 Å². The lowest BCUT2D eigenvalue weighted by molar-refractivity contribution is -0.167. The molecular weight excluding hydrogens is 648 g/mol. The second kappa shape index (κ2) is 37.7. The summed E-state index contributed by atoms with van der Waals surface area (Å²) in [7, 11) is 0. The maximum atomic E-state index is 12.7. The molecule has 0 aromatic carbocycles. The van der Waals surface area contributed by atoms with Crippen molar-refractivity contribution in [3.63, 3.8) is 0 Å². The molecule has 0 aliphatic rings. The van der Waals surface area contributed by atoms with Crippen LogP contribution in [0.4, 0.5) is 0 Å². The standard InChI is InChI=1S/C46H88O6/c1-40(2)32-26-20-14-9-7-8-10-18-25-31-37-46(49)52-43(39-51-45(48)36-30-24-19-13-16-22-28-34-42(5)6)38-50-44(47)35-29-23-17-12-11-15-21-27-33-41(3)4/h40-43H,7-39H2,1-6H3/t43-/m1/s1. The number of hydrogen-bond donors (Lipinski definition) is 0. The highest BCUT2D eigenvalue weighted by molar-refractivity contribution is 5.71. The van der Waals surface area contributed by atoms with Crippen LogP contribution in [0.3, 0.4) is 0 Å². The summed E-state index contributed by atoms with van der Waals surface area (Å²) >= 11 is 0. The third-order valence-corrected chi connectivity index (χ3v) is 10.1. The summed E-state index contributed by atoms with van der Waals surface area (Å²) in [6, 6.07) is 0. The fourth-order valence-corrected chi connectivity index (χ4v) is 6.70. The van der Waals surface area contributed by atoms with Crippen molar-refractivity contribution in [2.75, 3.05) is 13.2 Å². The molecule has 0 spiro atoms. The molecular formula is C46H88O6. The highest BCUT2D eigenvalue weighted by Gasteiger charge is 2.19. The lowest BCUT2D eigenvalue weighted by Gasteiger charge is -2.18. The highest BCUT2D eigenvalue weighted by atomic mass is 16.6. The molecule has 0 radical (unpaired) electrons. The molecule has 0 amide bonds. The fraction of sp³-hybridized carbons (Fsp3) is 0.935. The number of carbonyl (C=O) groups is 3. The van der Waals surface area contributed by atoms with Gasteiger partial charge in [0.05, 0.1) is 0 Å². The zero-order valence-electron chi connectivity index (χ0n) is 35.6. The minimum atomic E-state index is -0.762. The fourth-order valence-electron chi connectivity index (χ4n) is 6.70. The molecule has 6 nitrogen and oxygen atoms in total. The van der Waals surface area contributed by atoms with Gasteiger partial charge in [0, 0.05) is 19.3 Å². The molecule has 308 valence electrons. The minimum absolute atomic E-state index is 0.0670. The zero-order valence-corrected chi connectivity index (χ0v) is 35.6. The largest absolute Gasteiger partial charge is 0.462 e. The van der Waals surface area contributed by atoms with Crippen LogP contribution in [-0.2, 0) is 28.6 Å². The van der Waals surface area contributed by atoms with E-state index in [1.165, 1.54) is 122 Å². The van der Waals surface area contributed by atoms with Crippen LogP contribution >= 0.6 is 0 Å². The van der Waals surface area contributed by atoms with E-state index in [4.69, 9.17) is 14.2 Å². The molecule has 0 bridgehead atoms. The summed E-state index contributed by atoms with van der Waals surface area (Å²) in [5, 5.41) is 0. The van der Waals surface area contributed by atoms with Gasteiger partial charge in [-0.25, -0.2) is 0 Å².